The second kappa shape index (κ2) is 10.8. The van der Waals surface area contributed by atoms with Crippen molar-refractivity contribution in [2.45, 2.75) is 111 Å². The number of aromatic nitrogens is 1. The summed E-state index contributed by atoms with van der Waals surface area (Å²) < 4.78 is 12.0. The van der Waals surface area contributed by atoms with Crippen molar-refractivity contribution in [3.05, 3.63) is 21.7 Å². The monoisotopic (exact) mass is 505 g/mol. The number of ketones is 1. The first kappa shape index (κ1) is 28.0. The number of aliphatic hydroxyl groups is 1. The molecule has 6 nitrogen and oxygen atoms in total. The molecule has 1 aromatic heterocycles. The fraction of sp³-hybridized carbons (Fsp3) is 0.750. The molecule has 2 saturated heterocycles. The number of nitrogens with zero attached hydrogens (tertiary/aromatic N) is 1. The Hall–Kier alpha value is -1.57. The number of rotatable bonds is 2. The average Bonchev–Trinajstić information content (AvgIpc) is 3.22. The number of Topliss-reactive ketones (excluding diaryl/α,β-unsaturated/α-hetero) is 1. The summed E-state index contributed by atoms with van der Waals surface area (Å²) in [6.07, 6.45) is 5.61. The van der Waals surface area contributed by atoms with Gasteiger partial charge in [0.25, 0.3) is 0 Å². The van der Waals surface area contributed by atoms with Crippen LogP contribution in [0.1, 0.15) is 90.5 Å². The Kier molecular flexibility index (Phi) is 8.65. The van der Waals surface area contributed by atoms with Gasteiger partial charge in [0.1, 0.15) is 11.9 Å². The highest BCUT2D eigenvalue weighted by molar-refractivity contribution is 7.12. The maximum Gasteiger partial charge on any atom is 0.309 e. The van der Waals surface area contributed by atoms with E-state index in [2.05, 4.69) is 25.8 Å². The fourth-order valence-corrected chi connectivity index (χ4v) is 6.03. The van der Waals surface area contributed by atoms with Crippen LogP contribution in [-0.4, -0.2) is 45.8 Å². The van der Waals surface area contributed by atoms with Crippen LogP contribution in [0.4, 0.5) is 0 Å². The van der Waals surface area contributed by atoms with Crippen molar-refractivity contribution < 1.29 is 24.2 Å². The molecule has 2 fully saturated rings. The Morgan fingerprint density at radius 3 is 2.54 bits per heavy atom. The highest BCUT2D eigenvalue weighted by Gasteiger charge is 2.53. The van der Waals surface area contributed by atoms with E-state index < -0.39 is 23.6 Å². The van der Waals surface area contributed by atoms with Gasteiger partial charge in [0.15, 0.2) is 0 Å². The largest absolute Gasteiger partial charge is 0.458 e. The van der Waals surface area contributed by atoms with E-state index in [0.717, 1.165) is 34.7 Å². The minimum Gasteiger partial charge on any atom is -0.458 e. The number of thiazole rings is 1. The first-order valence-corrected chi connectivity index (χ1v) is 13.8. The third kappa shape index (κ3) is 6.60. The molecular formula is C28H43NO5S. The number of epoxide rings is 1. The molecule has 3 rings (SSSR count). The Morgan fingerprint density at radius 2 is 1.91 bits per heavy atom. The molecule has 3 heterocycles. The molecule has 0 spiro atoms. The van der Waals surface area contributed by atoms with Crippen molar-refractivity contribution in [2.75, 3.05) is 0 Å². The lowest BCUT2D eigenvalue weighted by molar-refractivity contribution is -0.154. The van der Waals surface area contributed by atoms with E-state index >= 15 is 0 Å². The molecule has 0 radical (unpaired) electrons. The molecule has 2 aliphatic rings. The van der Waals surface area contributed by atoms with E-state index in [4.69, 9.17) is 9.47 Å². The lowest BCUT2D eigenvalue weighted by atomic mass is 9.70. The smallest absolute Gasteiger partial charge is 0.309 e. The van der Waals surface area contributed by atoms with Crippen molar-refractivity contribution in [2.24, 2.45) is 23.2 Å². The number of fused-ring (bicyclic) bond motifs is 1. The molecule has 1 aromatic rings. The van der Waals surface area contributed by atoms with Crippen LogP contribution in [0.25, 0.3) is 6.08 Å². The first-order chi connectivity index (χ1) is 16.2. The third-order valence-corrected chi connectivity index (χ3v) is 9.37. The normalized spacial score (nSPS) is 37.5. The van der Waals surface area contributed by atoms with Crippen LogP contribution in [0.3, 0.4) is 0 Å². The molecule has 0 amide bonds. The van der Waals surface area contributed by atoms with Gasteiger partial charge in [-0.3, -0.25) is 9.59 Å². The highest BCUT2D eigenvalue weighted by Crippen LogP contribution is 2.45. The van der Waals surface area contributed by atoms with Gasteiger partial charge in [-0.15, -0.1) is 11.3 Å². The van der Waals surface area contributed by atoms with E-state index in [1.807, 2.05) is 33.0 Å². The van der Waals surface area contributed by atoms with Gasteiger partial charge in [0.2, 0.25) is 0 Å². The van der Waals surface area contributed by atoms with E-state index in [0.29, 0.717) is 12.3 Å². The number of carbonyl (C=O) groups excluding carboxylic acids is 2. The SMILES string of the molecule is C/C(=C\c1cnc(C)s1)[C@@H]1C[C@@H]2O[C@]2(C)CCC[C@H](C)[C@H](C)[C@@H](C)C(=O)C(C)(C)[C@@H](O)CC(=O)O1. The number of hydrogen-bond donors (Lipinski definition) is 1. The highest BCUT2D eigenvalue weighted by atomic mass is 32.1. The molecule has 2 aliphatic heterocycles. The zero-order chi connectivity index (χ0) is 26.1. The first-order valence-electron chi connectivity index (χ1n) is 12.9. The van der Waals surface area contributed by atoms with E-state index in [1.54, 1.807) is 25.2 Å². The summed E-state index contributed by atoms with van der Waals surface area (Å²) >= 11 is 1.59. The maximum absolute atomic E-state index is 13.4. The number of carbonyl (C=O) groups is 2. The molecular weight excluding hydrogens is 462 g/mol. The summed E-state index contributed by atoms with van der Waals surface area (Å²) in [7, 11) is 0. The van der Waals surface area contributed by atoms with Crippen molar-refractivity contribution in [3.63, 3.8) is 0 Å². The number of esters is 1. The second-order valence-corrected chi connectivity index (χ2v) is 12.9. The van der Waals surface area contributed by atoms with Crippen LogP contribution in [0, 0.1) is 30.1 Å². The third-order valence-electron chi connectivity index (χ3n) is 8.51. The summed E-state index contributed by atoms with van der Waals surface area (Å²) in [4.78, 5) is 31.7. The number of ether oxygens (including phenoxy) is 2. The predicted molar refractivity (Wildman–Crippen MR) is 139 cm³/mol. The molecule has 196 valence electrons. The molecule has 0 aromatic carbocycles. The molecule has 7 atom stereocenters. The van der Waals surface area contributed by atoms with Crippen LogP contribution in [0.5, 0.6) is 0 Å². The van der Waals surface area contributed by atoms with Gasteiger partial charge < -0.3 is 14.6 Å². The van der Waals surface area contributed by atoms with Crippen LogP contribution < -0.4 is 0 Å². The van der Waals surface area contributed by atoms with Crippen LogP contribution in [0.2, 0.25) is 0 Å². The standard InChI is InChI=1S/C28H43NO5S/c1-16-10-9-11-28(8)24(34-28)13-22(17(2)12-21-15-29-20(5)35-21)33-25(31)14-23(30)27(6,7)26(32)19(4)18(16)3/h12,15-16,18-19,22-24,30H,9-11,13-14H2,1-8H3/b17-12+/t16-,18-,19+,22-,23-,24-,28+/m0/s1. The molecule has 0 aliphatic carbocycles. The zero-order valence-corrected chi connectivity index (χ0v) is 23.4. The van der Waals surface area contributed by atoms with Crippen LogP contribution in [0.15, 0.2) is 11.8 Å². The van der Waals surface area contributed by atoms with Gasteiger partial charge in [-0.05, 0) is 50.7 Å². The second-order valence-electron chi connectivity index (χ2n) is 11.6. The molecule has 35 heavy (non-hydrogen) atoms. The van der Waals surface area contributed by atoms with Gasteiger partial charge in [-0.2, -0.15) is 0 Å². The van der Waals surface area contributed by atoms with Gasteiger partial charge in [0, 0.05) is 23.4 Å². The average molecular weight is 506 g/mol. The molecule has 0 unspecified atom stereocenters. The van der Waals surface area contributed by atoms with Crippen molar-refractivity contribution in [3.8, 4) is 0 Å². The summed E-state index contributed by atoms with van der Waals surface area (Å²) in [6.45, 7) is 15.8. The van der Waals surface area contributed by atoms with E-state index in [-0.39, 0.29) is 35.7 Å². The van der Waals surface area contributed by atoms with E-state index in [1.165, 1.54) is 0 Å². The minimum atomic E-state index is -1.11. The maximum atomic E-state index is 13.4. The number of aryl methyl sites for hydroxylation is 1. The van der Waals surface area contributed by atoms with Gasteiger partial charge >= 0.3 is 5.97 Å². The Balaban J connectivity index is 1.85. The summed E-state index contributed by atoms with van der Waals surface area (Å²) in [5.41, 5.74) is -0.334. The topological polar surface area (TPSA) is 89.0 Å². The zero-order valence-electron chi connectivity index (χ0n) is 22.6. The van der Waals surface area contributed by atoms with Crippen molar-refractivity contribution >= 4 is 29.2 Å². The number of hydrogen-bond acceptors (Lipinski definition) is 7. The predicted octanol–water partition coefficient (Wildman–Crippen LogP) is 5.75. The Morgan fingerprint density at radius 1 is 1.23 bits per heavy atom. The Bertz CT molecular complexity index is 953. The molecule has 1 N–H and O–H groups in total. The quantitative estimate of drug-likeness (QED) is 0.406. The number of cyclic esters (lactones) is 1. The van der Waals surface area contributed by atoms with Crippen LogP contribution in [-0.2, 0) is 19.1 Å². The molecule has 0 saturated carbocycles. The van der Waals surface area contributed by atoms with Gasteiger partial charge in [-0.25, -0.2) is 4.98 Å². The van der Waals surface area contributed by atoms with Crippen molar-refractivity contribution in [1.82, 2.24) is 4.98 Å². The van der Waals surface area contributed by atoms with Gasteiger partial charge in [0.05, 0.1) is 34.7 Å². The van der Waals surface area contributed by atoms with Gasteiger partial charge in [-0.1, -0.05) is 47.5 Å². The van der Waals surface area contributed by atoms with Crippen LogP contribution >= 0.6 is 11.3 Å². The van der Waals surface area contributed by atoms with Crippen molar-refractivity contribution in [1.29, 1.82) is 0 Å². The summed E-state index contributed by atoms with van der Waals surface area (Å²) in [5, 5.41) is 11.9. The van der Waals surface area contributed by atoms with E-state index in [9.17, 15) is 14.7 Å². The lowest BCUT2D eigenvalue weighted by Gasteiger charge is -2.35. The molecule has 0 bridgehead atoms. The number of aliphatic hydroxyl groups excluding tert-OH is 1. The lowest BCUT2D eigenvalue weighted by Crippen LogP contribution is -2.44. The summed E-state index contributed by atoms with van der Waals surface area (Å²) in [6, 6.07) is 0. The summed E-state index contributed by atoms with van der Waals surface area (Å²) in [5.74, 6) is -0.151. The Labute approximate surface area is 214 Å². The minimum absolute atomic E-state index is 0.00464. The fourth-order valence-electron chi connectivity index (χ4n) is 5.23. The molecule has 7 heteroatoms.